The summed E-state index contributed by atoms with van der Waals surface area (Å²) in [5.41, 5.74) is 1.27. The highest BCUT2D eigenvalue weighted by molar-refractivity contribution is 5.80. The smallest absolute Gasteiger partial charge is 0.193 e. The quantitative estimate of drug-likeness (QED) is 0.507. The van der Waals surface area contributed by atoms with Crippen molar-refractivity contribution in [2.75, 3.05) is 45.2 Å². The van der Waals surface area contributed by atoms with Crippen LogP contribution in [0.1, 0.15) is 19.3 Å². The van der Waals surface area contributed by atoms with Gasteiger partial charge in [0, 0.05) is 46.0 Å². The molecule has 4 heteroatoms. The zero-order valence-electron chi connectivity index (χ0n) is 12.7. The number of nitrogens with one attached hydrogen (secondary N) is 1. The Morgan fingerprint density at radius 1 is 1.25 bits per heavy atom. The lowest BCUT2D eigenvalue weighted by atomic mass is 10.3. The third-order valence-corrected chi connectivity index (χ3v) is 3.77. The highest BCUT2D eigenvalue weighted by Crippen LogP contribution is 2.11. The van der Waals surface area contributed by atoms with Crippen LogP contribution >= 0.6 is 0 Å². The second kappa shape index (κ2) is 7.78. The fourth-order valence-corrected chi connectivity index (χ4v) is 2.59. The normalized spacial score (nSPS) is 15.5. The van der Waals surface area contributed by atoms with E-state index >= 15 is 0 Å². The third-order valence-electron chi connectivity index (χ3n) is 3.77. The summed E-state index contributed by atoms with van der Waals surface area (Å²) < 4.78 is 0. The van der Waals surface area contributed by atoms with Crippen molar-refractivity contribution in [3.05, 3.63) is 30.3 Å². The van der Waals surface area contributed by atoms with Gasteiger partial charge in [-0.25, -0.2) is 0 Å². The molecule has 20 heavy (non-hydrogen) atoms. The second-order valence-electron chi connectivity index (χ2n) is 5.28. The summed E-state index contributed by atoms with van der Waals surface area (Å²) in [5.74, 6) is 1.06. The van der Waals surface area contributed by atoms with Crippen LogP contribution in [-0.4, -0.2) is 51.1 Å². The largest absolute Gasteiger partial charge is 0.375 e. The van der Waals surface area contributed by atoms with Gasteiger partial charge in [0.2, 0.25) is 0 Å². The number of benzene rings is 1. The van der Waals surface area contributed by atoms with Gasteiger partial charge in [-0.2, -0.15) is 0 Å². The number of rotatable bonds is 5. The van der Waals surface area contributed by atoms with E-state index in [4.69, 9.17) is 0 Å². The highest BCUT2D eigenvalue weighted by atomic mass is 15.3. The topological polar surface area (TPSA) is 30.9 Å². The molecule has 110 valence electrons. The minimum atomic E-state index is 0.973. The van der Waals surface area contributed by atoms with Gasteiger partial charge in [0.25, 0.3) is 0 Å². The number of para-hydroxylation sites is 1. The molecular weight excluding hydrogens is 248 g/mol. The maximum Gasteiger partial charge on any atom is 0.193 e. The van der Waals surface area contributed by atoms with Gasteiger partial charge in [-0.15, -0.1) is 0 Å². The molecule has 1 saturated heterocycles. The molecule has 0 saturated carbocycles. The minimum absolute atomic E-state index is 0.973. The first kappa shape index (κ1) is 14.7. The van der Waals surface area contributed by atoms with Crippen LogP contribution in [0.15, 0.2) is 35.3 Å². The maximum absolute atomic E-state index is 4.36. The van der Waals surface area contributed by atoms with E-state index in [0.717, 1.165) is 38.6 Å². The summed E-state index contributed by atoms with van der Waals surface area (Å²) in [6.45, 7) is 4.31. The summed E-state index contributed by atoms with van der Waals surface area (Å²) in [5, 5.41) is 3.47. The van der Waals surface area contributed by atoms with E-state index < -0.39 is 0 Å². The number of hydrogen-bond donors (Lipinski definition) is 1. The molecule has 0 spiro atoms. The average molecular weight is 274 g/mol. The highest BCUT2D eigenvalue weighted by Gasteiger charge is 2.14. The summed E-state index contributed by atoms with van der Waals surface area (Å²) in [6.07, 6.45) is 3.69. The molecule has 1 aliphatic heterocycles. The standard InChI is InChI=1S/C16H26N4/c1-17-16(20-13-6-7-14-20)18-11-8-12-19(2)15-9-4-3-5-10-15/h3-5,9-10H,6-8,11-14H2,1-2H3,(H,17,18). The summed E-state index contributed by atoms with van der Waals surface area (Å²) in [6, 6.07) is 10.5. The van der Waals surface area contributed by atoms with Crippen molar-refractivity contribution in [2.24, 2.45) is 4.99 Å². The summed E-state index contributed by atoms with van der Waals surface area (Å²) in [4.78, 5) is 9.00. The van der Waals surface area contributed by atoms with Crippen molar-refractivity contribution in [1.29, 1.82) is 0 Å². The average Bonchev–Trinajstić information content (AvgIpc) is 3.02. The van der Waals surface area contributed by atoms with E-state index in [1.165, 1.54) is 18.5 Å². The zero-order valence-corrected chi connectivity index (χ0v) is 12.7. The SMILES string of the molecule is CN=C(NCCCN(C)c1ccccc1)N1CCCC1. The summed E-state index contributed by atoms with van der Waals surface area (Å²) >= 11 is 0. The molecule has 1 fully saturated rings. The lowest BCUT2D eigenvalue weighted by Gasteiger charge is -2.22. The van der Waals surface area contributed by atoms with Crippen LogP contribution in [0, 0.1) is 0 Å². The monoisotopic (exact) mass is 274 g/mol. The van der Waals surface area contributed by atoms with Gasteiger partial charge in [-0.05, 0) is 31.4 Å². The molecule has 0 radical (unpaired) electrons. The predicted molar refractivity (Wildman–Crippen MR) is 86.5 cm³/mol. The maximum atomic E-state index is 4.36. The Kier molecular flexibility index (Phi) is 5.71. The van der Waals surface area contributed by atoms with Gasteiger partial charge < -0.3 is 15.1 Å². The number of nitrogens with zero attached hydrogens (tertiary/aromatic N) is 3. The van der Waals surface area contributed by atoms with Crippen LogP contribution in [0.4, 0.5) is 5.69 Å². The van der Waals surface area contributed by atoms with Gasteiger partial charge in [0.05, 0.1) is 0 Å². The van der Waals surface area contributed by atoms with Gasteiger partial charge >= 0.3 is 0 Å². The van der Waals surface area contributed by atoms with Crippen LogP contribution in [0.2, 0.25) is 0 Å². The lowest BCUT2D eigenvalue weighted by Crippen LogP contribution is -2.40. The lowest BCUT2D eigenvalue weighted by molar-refractivity contribution is 0.492. The molecule has 2 rings (SSSR count). The molecule has 0 aliphatic carbocycles. The first-order valence-corrected chi connectivity index (χ1v) is 7.53. The molecule has 1 aromatic rings. The van der Waals surface area contributed by atoms with Crippen LogP contribution in [0.3, 0.4) is 0 Å². The number of hydrogen-bond acceptors (Lipinski definition) is 2. The fraction of sp³-hybridized carbons (Fsp3) is 0.562. The van der Waals surface area contributed by atoms with Crippen LogP contribution in [-0.2, 0) is 0 Å². The molecule has 1 aliphatic rings. The van der Waals surface area contributed by atoms with Crippen molar-refractivity contribution in [3.8, 4) is 0 Å². The Balaban J connectivity index is 1.68. The van der Waals surface area contributed by atoms with E-state index in [1.54, 1.807) is 0 Å². The van der Waals surface area contributed by atoms with Crippen molar-refractivity contribution >= 4 is 11.6 Å². The molecule has 0 bridgehead atoms. The minimum Gasteiger partial charge on any atom is -0.375 e. The van der Waals surface area contributed by atoms with Gasteiger partial charge in [0.15, 0.2) is 5.96 Å². The molecule has 4 nitrogen and oxygen atoms in total. The van der Waals surface area contributed by atoms with E-state index in [2.05, 4.69) is 57.5 Å². The molecular formula is C16H26N4. The molecule has 0 aromatic heterocycles. The number of guanidine groups is 1. The van der Waals surface area contributed by atoms with Crippen LogP contribution in [0.5, 0.6) is 0 Å². The first-order chi connectivity index (χ1) is 9.81. The molecule has 0 unspecified atom stereocenters. The van der Waals surface area contributed by atoms with Crippen LogP contribution in [0.25, 0.3) is 0 Å². The summed E-state index contributed by atoms with van der Waals surface area (Å²) in [7, 11) is 4.02. The number of anilines is 1. The van der Waals surface area contributed by atoms with Gasteiger partial charge in [-0.1, -0.05) is 18.2 Å². The fourth-order valence-electron chi connectivity index (χ4n) is 2.59. The van der Waals surface area contributed by atoms with Crippen molar-refractivity contribution < 1.29 is 0 Å². The molecule has 1 aromatic carbocycles. The number of likely N-dealkylation sites (tertiary alicyclic amines) is 1. The first-order valence-electron chi connectivity index (χ1n) is 7.53. The molecule has 1 N–H and O–H groups in total. The van der Waals surface area contributed by atoms with Gasteiger partial charge in [-0.3, -0.25) is 4.99 Å². The van der Waals surface area contributed by atoms with E-state index in [9.17, 15) is 0 Å². The Hall–Kier alpha value is -1.71. The molecule has 0 atom stereocenters. The Labute approximate surface area is 122 Å². The van der Waals surface area contributed by atoms with Crippen molar-refractivity contribution in [3.63, 3.8) is 0 Å². The third kappa shape index (κ3) is 4.15. The zero-order chi connectivity index (χ0) is 14.2. The Morgan fingerprint density at radius 2 is 1.95 bits per heavy atom. The van der Waals surface area contributed by atoms with E-state index in [0.29, 0.717) is 0 Å². The van der Waals surface area contributed by atoms with Crippen LogP contribution < -0.4 is 10.2 Å². The van der Waals surface area contributed by atoms with E-state index in [-0.39, 0.29) is 0 Å². The Bertz CT molecular complexity index is 410. The van der Waals surface area contributed by atoms with Crippen molar-refractivity contribution in [2.45, 2.75) is 19.3 Å². The molecule has 1 heterocycles. The van der Waals surface area contributed by atoms with Crippen molar-refractivity contribution in [1.82, 2.24) is 10.2 Å². The van der Waals surface area contributed by atoms with E-state index in [1.807, 2.05) is 7.05 Å². The second-order valence-corrected chi connectivity index (χ2v) is 5.28. The predicted octanol–water partition coefficient (Wildman–Crippen LogP) is 2.18. The van der Waals surface area contributed by atoms with Gasteiger partial charge in [0.1, 0.15) is 0 Å². The number of aliphatic imine (C=N–C) groups is 1. The Morgan fingerprint density at radius 3 is 2.60 bits per heavy atom. The molecule has 0 amide bonds.